The van der Waals surface area contributed by atoms with Crippen molar-refractivity contribution >= 4 is 16.7 Å². The summed E-state index contributed by atoms with van der Waals surface area (Å²) in [4.78, 5) is 18.9. The van der Waals surface area contributed by atoms with Crippen molar-refractivity contribution in [3.8, 4) is 0 Å². The van der Waals surface area contributed by atoms with Crippen LogP contribution in [0.4, 0.5) is 0 Å². The molecule has 3 heterocycles. The van der Waals surface area contributed by atoms with Gasteiger partial charge in [0.2, 0.25) is 5.91 Å². The molecule has 2 saturated heterocycles. The minimum absolute atomic E-state index is 0.183. The summed E-state index contributed by atoms with van der Waals surface area (Å²) in [6.07, 6.45) is 10.3. The van der Waals surface area contributed by atoms with Crippen molar-refractivity contribution in [2.45, 2.75) is 51.2 Å². The summed E-state index contributed by atoms with van der Waals surface area (Å²) in [5.74, 6) is 0.851. The molecule has 2 aliphatic rings. The Hall–Kier alpha value is -1.98. The molecule has 1 aromatic carbocycles. The van der Waals surface area contributed by atoms with Crippen LogP contribution in [0.15, 0.2) is 36.7 Å². The Kier molecular flexibility index (Phi) is 6.55. The fourth-order valence-electron chi connectivity index (χ4n) is 4.46. The molecular formula is C23H31N3O2. The maximum absolute atomic E-state index is 12.1. The number of hydrogen-bond donors (Lipinski definition) is 1. The average Bonchev–Trinajstić information content (AvgIpc) is 3.26. The lowest BCUT2D eigenvalue weighted by atomic mass is 9.91. The zero-order chi connectivity index (χ0) is 19.2. The summed E-state index contributed by atoms with van der Waals surface area (Å²) in [6.45, 7) is 4.75. The van der Waals surface area contributed by atoms with E-state index in [-0.39, 0.29) is 12.0 Å². The molecule has 0 radical (unpaired) electrons. The van der Waals surface area contributed by atoms with Gasteiger partial charge in [-0.2, -0.15) is 0 Å². The van der Waals surface area contributed by atoms with Crippen molar-refractivity contribution in [3.05, 3.63) is 42.2 Å². The van der Waals surface area contributed by atoms with E-state index in [0.717, 1.165) is 45.5 Å². The van der Waals surface area contributed by atoms with Gasteiger partial charge in [-0.15, -0.1) is 0 Å². The monoisotopic (exact) mass is 381 g/mol. The molecule has 1 atom stereocenters. The third-order valence-corrected chi connectivity index (χ3v) is 6.20. The van der Waals surface area contributed by atoms with Gasteiger partial charge in [0.25, 0.3) is 0 Å². The van der Waals surface area contributed by atoms with E-state index in [2.05, 4.69) is 39.5 Å². The number of carbonyl (C=O) groups is 1. The molecular weight excluding hydrogens is 350 g/mol. The highest BCUT2D eigenvalue weighted by Crippen LogP contribution is 2.25. The van der Waals surface area contributed by atoms with Crippen LogP contribution in [-0.4, -0.2) is 48.1 Å². The number of aromatic nitrogens is 1. The summed E-state index contributed by atoms with van der Waals surface area (Å²) in [7, 11) is 0. The van der Waals surface area contributed by atoms with E-state index in [1.165, 1.54) is 29.2 Å². The summed E-state index contributed by atoms with van der Waals surface area (Å²) in [5.41, 5.74) is 1.38. The van der Waals surface area contributed by atoms with Crippen molar-refractivity contribution in [2.24, 2.45) is 5.92 Å². The highest BCUT2D eigenvalue weighted by atomic mass is 16.5. The quantitative estimate of drug-likeness (QED) is 0.797. The number of carbonyl (C=O) groups excluding carboxylic acids is 1. The summed E-state index contributed by atoms with van der Waals surface area (Å²) in [6, 6.07) is 8.60. The lowest BCUT2D eigenvalue weighted by Gasteiger charge is -2.32. The first kappa shape index (κ1) is 19.3. The number of nitrogens with zero attached hydrogens (tertiary/aromatic N) is 2. The van der Waals surface area contributed by atoms with Crippen molar-refractivity contribution in [3.63, 3.8) is 0 Å². The number of nitrogens with one attached hydrogen (secondary N) is 1. The van der Waals surface area contributed by atoms with Crippen LogP contribution in [0.2, 0.25) is 0 Å². The topological polar surface area (TPSA) is 54.5 Å². The largest absolute Gasteiger partial charge is 0.376 e. The standard InChI is InChI=1S/C23H31N3O2/c27-23(25-16-21-5-2-14-28-21)7-6-18-9-12-26(13-10-18)17-20-4-1-3-19-15-24-11-8-22(19)20/h1,3-4,8,11,15,18,21H,2,5-7,9-10,12-14,16-17H2,(H,25,27)/t21-/m0/s1. The van der Waals surface area contributed by atoms with Crippen LogP contribution in [0.25, 0.3) is 10.8 Å². The minimum Gasteiger partial charge on any atom is -0.376 e. The van der Waals surface area contributed by atoms with Gasteiger partial charge in [-0.1, -0.05) is 18.2 Å². The number of hydrogen-bond acceptors (Lipinski definition) is 4. The second-order valence-electron chi connectivity index (χ2n) is 8.21. The number of ether oxygens (including phenoxy) is 1. The van der Waals surface area contributed by atoms with Crippen LogP contribution in [0.1, 0.15) is 44.1 Å². The van der Waals surface area contributed by atoms with Crippen molar-refractivity contribution < 1.29 is 9.53 Å². The first-order chi connectivity index (χ1) is 13.8. The van der Waals surface area contributed by atoms with Crippen molar-refractivity contribution in [2.75, 3.05) is 26.2 Å². The number of piperidine rings is 1. The predicted molar refractivity (Wildman–Crippen MR) is 111 cm³/mol. The fraction of sp³-hybridized carbons (Fsp3) is 0.565. The number of rotatable bonds is 7. The maximum atomic E-state index is 12.1. The molecule has 28 heavy (non-hydrogen) atoms. The molecule has 0 bridgehead atoms. The van der Waals surface area contributed by atoms with Crippen molar-refractivity contribution in [1.82, 2.24) is 15.2 Å². The molecule has 4 rings (SSSR count). The highest BCUT2D eigenvalue weighted by molar-refractivity contribution is 5.84. The fourth-order valence-corrected chi connectivity index (χ4v) is 4.46. The summed E-state index contributed by atoms with van der Waals surface area (Å²) in [5, 5.41) is 5.56. The van der Waals surface area contributed by atoms with Crippen LogP contribution in [0.5, 0.6) is 0 Å². The summed E-state index contributed by atoms with van der Waals surface area (Å²) >= 11 is 0. The Morgan fingerprint density at radius 3 is 2.93 bits per heavy atom. The number of benzene rings is 1. The second-order valence-corrected chi connectivity index (χ2v) is 8.21. The molecule has 5 nitrogen and oxygen atoms in total. The molecule has 0 aliphatic carbocycles. The van der Waals surface area contributed by atoms with Crippen LogP contribution in [0, 0.1) is 5.92 Å². The van der Waals surface area contributed by atoms with Gasteiger partial charge in [0, 0.05) is 43.9 Å². The SMILES string of the molecule is O=C(CCC1CCN(Cc2cccc3cnccc23)CC1)NC[C@@H]1CCCO1. The van der Waals surface area contributed by atoms with Gasteiger partial charge in [0.1, 0.15) is 0 Å². The predicted octanol–water partition coefficient (Wildman–Crippen LogP) is 3.52. The van der Waals surface area contributed by atoms with E-state index in [1.54, 1.807) is 0 Å². The highest BCUT2D eigenvalue weighted by Gasteiger charge is 2.21. The van der Waals surface area contributed by atoms with E-state index in [1.807, 2.05) is 12.4 Å². The number of amides is 1. The molecule has 150 valence electrons. The molecule has 1 N–H and O–H groups in total. The third kappa shape index (κ3) is 5.09. The number of pyridine rings is 1. The molecule has 5 heteroatoms. The molecule has 2 fully saturated rings. The molecule has 1 amide bonds. The zero-order valence-electron chi connectivity index (χ0n) is 16.6. The van der Waals surface area contributed by atoms with Crippen LogP contribution in [0.3, 0.4) is 0 Å². The van der Waals surface area contributed by atoms with Crippen LogP contribution < -0.4 is 5.32 Å². The van der Waals surface area contributed by atoms with Crippen LogP contribution in [-0.2, 0) is 16.1 Å². The minimum atomic E-state index is 0.183. The van der Waals surface area contributed by atoms with Gasteiger partial charge in [-0.25, -0.2) is 0 Å². The van der Waals surface area contributed by atoms with Gasteiger partial charge in [-0.3, -0.25) is 14.7 Å². The Bertz CT molecular complexity index is 775. The molecule has 2 aromatic rings. The Balaban J connectivity index is 1.19. The van der Waals surface area contributed by atoms with Crippen LogP contribution >= 0.6 is 0 Å². The Morgan fingerprint density at radius 1 is 1.21 bits per heavy atom. The average molecular weight is 382 g/mol. The van der Waals surface area contributed by atoms with E-state index < -0.39 is 0 Å². The lowest BCUT2D eigenvalue weighted by Crippen LogP contribution is -2.34. The third-order valence-electron chi connectivity index (χ3n) is 6.20. The van der Waals surface area contributed by atoms with Gasteiger partial charge < -0.3 is 10.1 Å². The second kappa shape index (κ2) is 9.48. The summed E-state index contributed by atoms with van der Waals surface area (Å²) < 4.78 is 5.56. The number of fused-ring (bicyclic) bond motifs is 1. The van der Waals surface area contributed by atoms with Gasteiger partial charge >= 0.3 is 0 Å². The smallest absolute Gasteiger partial charge is 0.220 e. The first-order valence-electron chi connectivity index (χ1n) is 10.7. The molecule has 0 spiro atoms. The van der Waals surface area contributed by atoms with Crippen molar-refractivity contribution in [1.29, 1.82) is 0 Å². The van der Waals surface area contributed by atoms with E-state index in [0.29, 0.717) is 18.9 Å². The van der Waals surface area contributed by atoms with E-state index in [4.69, 9.17) is 4.74 Å². The number of likely N-dealkylation sites (tertiary alicyclic amines) is 1. The Morgan fingerprint density at radius 2 is 2.11 bits per heavy atom. The first-order valence-corrected chi connectivity index (χ1v) is 10.7. The van der Waals surface area contributed by atoms with Gasteiger partial charge in [0.05, 0.1) is 6.10 Å². The lowest BCUT2D eigenvalue weighted by molar-refractivity contribution is -0.122. The van der Waals surface area contributed by atoms with Gasteiger partial charge in [-0.05, 0) is 68.1 Å². The molecule has 0 saturated carbocycles. The Labute approximate surface area is 167 Å². The molecule has 1 aromatic heterocycles. The molecule has 0 unspecified atom stereocenters. The zero-order valence-corrected chi connectivity index (χ0v) is 16.6. The van der Waals surface area contributed by atoms with E-state index in [9.17, 15) is 4.79 Å². The molecule has 2 aliphatic heterocycles. The normalized spacial score (nSPS) is 21.2. The maximum Gasteiger partial charge on any atom is 0.220 e. The van der Waals surface area contributed by atoms with Gasteiger partial charge in [0.15, 0.2) is 0 Å². The van der Waals surface area contributed by atoms with E-state index >= 15 is 0 Å².